The summed E-state index contributed by atoms with van der Waals surface area (Å²) in [5.41, 5.74) is 2.66. The summed E-state index contributed by atoms with van der Waals surface area (Å²) in [4.78, 5) is 6.65. The molecule has 0 bridgehead atoms. The van der Waals surface area contributed by atoms with Crippen LogP contribution < -0.4 is 0 Å². The average molecular weight is 272 g/mol. The van der Waals surface area contributed by atoms with Gasteiger partial charge in [0.2, 0.25) is 0 Å². The van der Waals surface area contributed by atoms with Crippen LogP contribution in [0.5, 0.6) is 0 Å². The van der Waals surface area contributed by atoms with Crippen LogP contribution in [0.15, 0.2) is 47.5 Å². The Balaban J connectivity index is 2.42. The number of aromatic nitrogens is 1. The SMILES string of the molecule is Cc1ccc2ccccc2c1-c1ncc[se]1. The number of rotatable bonds is 1. The second kappa shape index (κ2) is 3.89. The molecule has 0 atom stereocenters. The van der Waals surface area contributed by atoms with Crippen LogP contribution in [0.1, 0.15) is 5.56 Å². The molecule has 0 aliphatic rings. The van der Waals surface area contributed by atoms with Crippen molar-refractivity contribution in [1.29, 1.82) is 0 Å². The van der Waals surface area contributed by atoms with Crippen LogP contribution in [-0.2, 0) is 0 Å². The number of hydrogen-bond donors (Lipinski definition) is 0. The normalized spacial score (nSPS) is 10.8. The fourth-order valence-corrected chi connectivity index (χ4v) is 3.61. The van der Waals surface area contributed by atoms with E-state index in [0.717, 1.165) is 0 Å². The Morgan fingerprint density at radius 2 is 1.94 bits per heavy atom. The number of aryl methyl sites for hydroxylation is 1. The number of benzene rings is 2. The van der Waals surface area contributed by atoms with Crippen LogP contribution >= 0.6 is 0 Å². The molecule has 0 fully saturated rings. The third kappa shape index (κ3) is 1.51. The second-order valence-electron chi connectivity index (χ2n) is 3.82. The molecule has 0 aliphatic carbocycles. The first-order valence-corrected chi connectivity index (χ1v) is 7.09. The summed E-state index contributed by atoms with van der Waals surface area (Å²) in [6, 6.07) is 12.9. The molecule has 1 aromatic heterocycles. The van der Waals surface area contributed by atoms with Crippen molar-refractivity contribution in [2.75, 3.05) is 0 Å². The maximum atomic E-state index is 4.48. The van der Waals surface area contributed by atoms with E-state index in [0.29, 0.717) is 14.5 Å². The zero-order valence-corrected chi connectivity index (χ0v) is 10.7. The van der Waals surface area contributed by atoms with Crippen molar-refractivity contribution < 1.29 is 0 Å². The fraction of sp³-hybridized carbons (Fsp3) is 0.0714. The molecule has 3 aromatic rings. The number of fused-ring (bicyclic) bond motifs is 1. The molecular weight excluding hydrogens is 261 g/mol. The van der Waals surface area contributed by atoms with Gasteiger partial charge in [-0.05, 0) is 0 Å². The van der Waals surface area contributed by atoms with Crippen LogP contribution in [0, 0.1) is 6.92 Å². The van der Waals surface area contributed by atoms with Crippen molar-refractivity contribution in [1.82, 2.24) is 4.98 Å². The quantitative estimate of drug-likeness (QED) is 0.620. The average Bonchev–Trinajstić information content (AvgIpc) is 2.82. The Morgan fingerprint density at radius 3 is 2.75 bits per heavy atom. The van der Waals surface area contributed by atoms with Crippen LogP contribution in [0.3, 0.4) is 0 Å². The Bertz CT molecular complexity index is 626. The van der Waals surface area contributed by atoms with Gasteiger partial charge in [0.15, 0.2) is 0 Å². The summed E-state index contributed by atoms with van der Waals surface area (Å²) in [6.07, 6.45) is 1.93. The molecule has 1 nitrogen and oxygen atoms in total. The Labute approximate surface area is 101 Å². The van der Waals surface area contributed by atoms with Gasteiger partial charge in [0, 0.05) is 0 Å². The Morgan fingerprint density at radius 1 is 1.06 bits per heavy atom. The van der Waals surface area contributed by atoms with Gasteiger partial charge in [-0.3, -0.25) is 0 Å². The monoisotopic (exact) mass is 273 g/mol. The summed E-state index contributed by atoms with van der Waals surface area (Å²) in [5, 5.41) is 2.63. The third-order valence-electron chi connectivity index (χ3n) is 2.78. The van der Waals surface area contributed by atoms with E-state index in [4.69, 9.17) is 0 Å². The molecule has 0 saturated carbocycles. The third-order valence-corrected chi connectivity index (χ3v) is 4.44. The van der Waals surface area contributed by atoms with Crippen molar-refractivity contribution in [3.63, 3.8) is 0 Å². The summed E-state index contributed by atoms with van der Waals surface area (Å²) in [5.74, 6) is 0. The van der Waals surface area contributed by atoms with E-state index < -0.39 is 0 Å². The van der Waals surface area contributed by atoms with Crippen LogP contribution in [-0.4, -0.2) is 19.5 Å². The number of nitrogens with zero attached hydrogens (tertiary/aromatic N) is 1. The molecule has 0 aliphatic heterocycles. The van der Waals surface area contributed by atoms with Gasteiger partial charge in [-0.2, -0.15) is 0 Å². The van der Waals surface area contributed by atoms with E-state index in [2.05, 4.69) is 53.2 Å². The molecule has 0 amide bonds. The second-order valence-corrected chi connectivity index (χ2v) is 5.69. The van der Waals surface area contributed by atoms with E-state index in [1.54, 1.807) is 0 Å². The minimum absolute atomic E-state index is 0.398. The molecule has 2 aromatic carbocycles. The first-order valence-electron chi connectivity index (χ1n) is 5.24. The predicted octanol–water partition coefficient (Wildman–Crippen LogP) is 3.27. The first-order chi connectivity index (χ1) is 7.86. The predicted molar refractivity (Wildman–Crippen MR) is 68.9 cm³/mol. The van der Waals surface area contributed by atoms with Gasteiger partial charge in [0.25, 0.3) is 0 Å². The van der Waals surface area contributed by atoms with Gasteiger partial charge in [-0.15, -0.1) is 0 Å². The molecule has 3 rings (SSSR count). The summed E-state index contributed by atoms with van der Waals surface area (Å²) < 4.78 is 1.25. The van der Waals surface area contributed by atoms with Gasteiger partial charge in [0.05, 0.1) is 0 Å². The fourth-order valence-electron chi connectivity index (χ4n) is 2.01. The van der Waals surface area contributed by atoms with E-state index in [9.17, 15) is 0 Å². The van der Waals surface area contributed by atoms with Crippen molar-refractivity contribution in [2.24, 2.45) is 0 Å². The van der Waals surface area contributed by atoms with Gasteiger partial charge in [-0.1, -0.05) is 0 Å². The van der Waals surface area contributed by atoms with Crippen molar-refractivity contribution >= 4 is 25.3 Å². The van der Waals surface area contributed by atoms with Gasteiger partial charge in [0.1, 0.15) is 0 Å². The zero-order valence-electron chi connectivity index (χ0n) is 8.97. The molecule has 16 heavy (non-hydrogen) atoms. The van der Waals surface area contributed by atoms with Crippen molar-refractivity contribution in [2.45, 2.75) is 6.92 Å². The van der Waals surface area contributed by atoms with Gasteiger partial charge < -0.3 is 0 Å². The molecule has 0 saturated heterocycles. The van der Waals surface area contributed by atoms with E-state index in [1.807, 2.05) is 6.20 Å². The summed E-state index contributed by atoms with van der Waals surface area (Å²) in [7, 11) is 0. The summed E-state index contributed by atoms with van der Waals surface area (Å²) >= 11 is 0.398. The van der Waals surface area contributed by atoms with E-state index in [-0.39, 0.29) is 0 Å². The number of hydrogen-bond acceptors (Lipinski definition) is 1. The maximum absolute atomic E-state index is 4.48. The van der Waals surface area contributed by atoms with Gasteiger partial charge in [-0.25, -0.2) is 0 Å². The van der Waals surface area contributed by atoms with Gasteiger partial charge >= 0.3 is 100 Å². The van der Waals surface area contributed by atoms with E-state index in [1.165, 1.54) is 26.5 Å². The van der Waals surface area contributed by atoms with Crippen molar-refractivity contribution in [3.8, 4) is 10.1 Å². The standard InChI is InChI=1S/C14H11NSe/c1-10-6-7-11-4-2-3-5-12(11)13(10)14-15-8-9-16-14/h2-9H,1H3. The molecular formula is C14H11NSe. The van der Waals surface area contributed by atoms with E-state index >= 15 is 0 Å². The minimum atomic E-state index is 0.398. The molecule has 78 valence electrons. The molecule has 2 heteroatoms. The first kappa shape index (κ1) is 9.83. The van der Waals surface area contributed by atoms with Crippen LogP contribution in [0.25, 0.3) is 20.9 Å². The molecule has 0 unspecified atom stereocenters. The Hall–Kier alpha value is -1.37. The van der Waals surface area contributed by atoms with Crippen LogP contribution in [0.4, 0.5) is 0 Å². The van der Waals surface area contributed by atoms with Crippen LogP contribution in [0.2, 0.25) is 0 Å². The molecule has 0 radical (unpaired) electrons. The summed E-state index contributed by atoms with van der Waals surface area (Å²) in [6.45, 7) is 2.17. The molecule has 1 heterocycles. The van der Waals surface area contributed by atoms with Crippen molar-refractivity contribution in [3.05, 3.63) is 53.1 Å². The Kier molecular flexibility index (Phi) is 2.39. The zero-order chi connectivity index (χ0) is 11.0. The molecule has 0 spiro atoms. The molecule has 0 N–H and O–H groups in total. The topological polar surface area (TPSA) is 12.9 Å².